The lowest BCUT2D eigenvalue weighted by Gasteiger charge is -2.16. The molecule has 0 aromatic carbocycles. The zero-order valence-electron chi connectivity index (χ0n) is 10.8. The summed E-state index contributed by atoms with van der Waals surface area (Å²) in [6.07, 6.45) is 8.55. The minimum atomic E-state index is 0.753. The number of amidine groups is 1. The molecule has 0 radical (unpaired) electrons. The summed E-state index contributed by atoms with van der Waals surface area (Å²) in [4.78, 5) is 4.64. The van der Waals surface area contributed by atoms with Crippen LogP contribution >= 0.6 is 11.8 Å². The van der Waals surface area contributed by atoms with E-state index in [9.17, 15) is 0 Å². The highest BCUT2D eigenvalue weighted by molar-refractivity contribution is 8.14. The summed E-state index contributed by atoms with van der Waals surface area (Å²) < 4.78 is 0. The van der Waals surface area contributed by atoms with Crippen molar-refractivity contribution in [1.82, 2.24) is 5.32 Å². The van der Waals surface area contributed by atoms with Gasteiger partial charge in [-0.05, 0) is 49.9 Å². The summed E-state index contributed by atoms with van der Waals surface area (Å²) in [6.45, 7) is 4.50. The summed E-state index contributed by atoms with van der Waals surface area (Å²) in [5, 5.41) is 5.61. The lowest BCUT2D eigenvalue weighted by Crippen LogP contribution is -2.28. The number of hydrogen-bond acceptors (Lipinski definition) is 3. The Morgan fingerprint density at radius 1 is 1.29 bits per heavy atom. The van der Waals surface area contributed by atoms with E-state index in [0.717, 1.165) is 29.5 Å². The first-order valence-electron chi connectivity index (χ1n) is 7.31. The smallest absolute Gasteiger partial charge is 0.156 e. The lowest BCUT2D eigenvalue weighted by atomic mass is 9.98. The van der Waals surface area contributed by atoms with E-state index >= 15 is 0 Å². The topological polar surface area (TPSA) is 24.4 Å². The standard InChI is InChI=1S/C14H24N2S/c1-2-3-12-8-15-14(17-12)16-9-13(10-4-5-10)11-6-7-11/h10-13H,2-9H2,1H3,(H,15,16). The number of thioether (sulfide) groups is 1. The van der Waals surface area contributed by atoms with Gasteiger partial charge >= 0.3 is 0 Å². The molecule has 1 atom stereocenters. The molecule has 1 unspecified atom stereocenters. The maximum Gasteiger partial charge on any atom is 0.156 e. The van der Waals surface area contributed by atoms with E-state index in [1.807, 2.05) is 11.8 Å². The van der Waals surface area contributed by atoms with Crippen LogP contribution in [0.25, 0.3) is 0 Å². The maximum atomic E-state index is 4.64. The molecule has 96 valence electrons. The van der Waals surface area contributed by atoms with Crippen LogP contribution in [-0.4, -0.2) is 23.5 Å². The fourth-order valence-corrected chi connectivity index (χ4v) is 4.09. The van der Waals surface area contributed by atoms with Crippen LogP contribution in [0.15, 0.2) is 4.99 Å². The summed E-state index contributed by atoms with van der Waals surface area (Å²) in [7, 11) is 0. The molecule has 0 saturated heterocycles. The SMILES string of the molecule is CCCC1CN=C(NCC(C2CC2)C2CC2)S1. The number of aliphatic imine (C=N–C) groups is 1. The van der Waals surface area contributed by atoms with E-state index < -0.39 is 0 Å². The predicted octanol–water partition coefficient (Wildman–Crippen LogP) is 3.28. The number of hydrogen-bond donors (Lipinski definition) is 1. The molecule has 0 aromatic heterocycles. The van der Waals surface area contributed by atoms with Crippen LogP contribution in [0.5, 0.6) is 0 Å². The van der Waals surface area contributed by atoms with Crippen LogP contribution in [0.3, 0.4) is 0 Å². The van der Waals surface area contributed by atoms with Crippen LogP contribution in [0, 0.1) is 17.8 Å². The maximum absolute atomic E-state index is 4.64. The Bertz CT molecular complexity index is 283. The van der Waals surface area contributed by atoms with Gasteiger partial charge in [-0.2, -0.15) is 0 Å². The molecular weight excluding hydrogens is 228 g/mol. The molecule has 1 aliphatic heterocycles. The molecule has 2 nitrogen and oxygen atoms in total. The van der Waals surface area contributed by atoms with Crippen molar-refractivity contribution < 1.29 is 0 Å². The highest BCUT2D eigenvalue weighted by Gasteiger charge is 2.41. The Balaban J connectivity index is 1.41. The van der Waals surface area contributed by atoms with Gasteiger partial charge in [-0.1, -0.05) is 25.1 Å². The largest absolute Gasteiger partial charge is 0.365 e. The van der Waals surface area contributed by atoms with Crippen LogP contribution in [0.1, 0.15) is 45.4 Å². The molecule has 17 heavy (non-hydrogen) atoms. The van der Waals surface area contributed by atoms with Crippen molar-refractivity contribution in [2.45, 2.75) is 50.7 Å². The summed E-state index contributed by atoms with van der Waals surface area (Å²) in [6, 6.07) is 0. The van der Waals surface area contributed by atoms with Crippen molar-refractivity contribution in [3.05, 3.63) is 0 Å². The monoisotopic (exact) mass is 252 g/mol. The highest BCUT2D eigenvalue weighted by Crippen LogP contribution is 2.48. The fourth-order valence-electron chi connectivity index (χ4n) is 2.96. The first-order valence-corrected chi connectivity index (χ1v) is 8.19. The average molecular weight is 252 g/mol. The fraction of sp³-hybridized carbons (Fsp3) is 0.929. The van der Waals surface area contributed by atoms with E-state index in [0.29, 0.717) is 0 Å². The molecule has 3 rings (SSSR count). The zero-order valence-corrected chi connectivity index (χ0v) is 11.6. The average Bonchev–Trinajstić information content (AvgIpc) is 3.21. The van der Waals surface area contributed by atoms with Gasteiger partial charge < -0.3 is 5.32 Å². The Morgan fingerprint density at radius 3 is 2.59 bits per heavy atom. The molecule has 0 spiro atoms. The van der Waals surface area contributed by atoms with Gasteiger partial charge in [0.25, 0.3) is 0 Å². The second-order valence-electron chi connectivity index (χ2n) is 5.89. The van der Waals surface area contributed by atoms with Gasteiger partial charge in [0.2, 0.25) is 0 Å². The van der Waals surface area contributed by atoms with Crippen molar-refractivity contribution in [3.8, 4) is 0 Å². The van der Waals surface area contributed by atoms with Gasteiger partial charge in [-0.3, -0.25) is 4.99 Å². The predicted molar refractivity (Wildman–Crippen MR) is 75.5 cm³/mol. The van der Waals surface area contributed by atoms with Crippen molar-refractivity contribution in [2.75, 3.05) is 13.1 Å². The number of nitrogens with zero attached hydrogens (tertiary/aromatic N) is 1. The Hall–Kier alpha value is -0.180. The quantitative estimate of drug-likeness (QED) is 0.784. The second-order valence-corrected chi connectivity index (χ2v) is 7.18. The summed E-state index contributed by atoms with van der Waals surface area (Å²) >= 11 is 1.98. The van der Waals surface area contributed by atoms with Crippen molar-refractivity contribution in [3.63, 3.8) is 0 Å². The molecule has 2 saturated carbocycles. The summed E-state index contributed by atoms with van der Waals surface area (Å²) in [5.74, 6) is 3.06. The van der Waals surface area contributed by atoms with E-state index in [4.69, 9.17) is 0 Å². The number of rotatable bonds is 6. The zero-order chi connectivity index (χ0) is 11.7. The van der Waals surface area contributed by atoms with Crippen molar-refractivity contribution >= 4 is 16.9 Å². The highest BCUT2D eigenvalue weighted by atomic mass is 32.2. The van der Waals surface area contributed by atoms with Gasteiger partial charge in [-0.25, -0.2) is 0 Å². The molecule has 3 aliphatic rings. The van der Waals surface area contributed by atoms with Crippen LogP contribution in [0.2, 0.25) is 0 Å². The third-order valence-corrected chi connectivity index (χ3v) is 5.49. The molecule has 0 bridgehead atoms. The van der Waals surface area contributed by atoms with Gasteiger partial charge in [0, 0.05) is 11.8 Å². The summed E-state index contributed by atoms with van der Waals surface area (Å²) in [5.41, 5.74) is 0. The van der Waals surface area contributed by atoms with Crippen LogP contribution < -0.4 is 5.32 Å². The van der Waals surface area contributed by atoms with E-state index in [2.05, 4.69) is 17.2 Å². The van der Waals surface area contributed by atoms with Crippen molar-refractivity contribution in [1.29, 1.82) is 0 Å². The molecule has 1 N–H and O–H groups in total. The Kier molecular flexibility index (Phi) is 3.64. The van der Waals surface area contributed by atoms with Crippen LogP contribution in [-0.2, 0) is 0 Å². The van der Waals surface area contributed by atoms with E-state index in [1.54, 1.807) is 0 Å². The van der Waals surface area contributed by atoms with Gasteiger partial charge in [-0.15, -0.1) is 0 Å². The molecule has 0 aromatic rings. The molecule has 2 fully saturated rings. The molecule has 0 amide bonds. The second kappa shape index (κ2) is 5.21. The third-order valence-electron chi connectivity index (χ3n) is 4.27. The van der Waals surface area contributed by atoms with E-state index in [1.165, 1.54) is 50.2 Å². The number of nitrogens with one attached hydrogen (secondary N) is 1. The Labute approximate surface area is 109 Å². The normalized spacial score (nSPS) is 28.6. The minimum Gasteiger partial charge on any atom is -0.365 e. The Morgan fingerprint density at radius 2 is 2.00 bits per heavy atom. The molecule has 3 heteroatoms. The molecule has 2 aliphatic carbocycles. The van der Waals surface area contributed by atoms with Gasteiger partial charge in [0.05, 0.1) is 6.54 Å². The van der Waals surface area contributed by atoms with Crippen LogP contribution in [0.4, 0.5) is 0 Å². The minimum absolute atomic E-state index is 0.753. The van der Waals surface area contributed by atoms with Gasteiger partial charge in [0.15, 0.2) is 5.17 Å². The third kappa shape index (κ3) is 3.18. The van der Waals surface area contributed by atoms with Crippen molar-refractivity contribution in [2.24, 2.45) is 22.7 Å². The van der Waals surface area contributed by atoms with Gasteiger partial charge in [0.1, 0.15) is 0 Å². The first-order chi connectivity index (χ1) is 8.36. The molecular formula is C14H24N2S. The lowest BCUT2D eigenvalue weighted by molar-refractivity contribution is 0.403. The van der Waals surface area contributed by atoms with E-state index in [-0.39, 0.29) is 0 Å². The first kappa shape index (κ1) is 11.9. The molecule has 1 heterocycles.